The number of esters is 1. The van der Waals surface area contributed by atoms with Gasteiger partial charge in [0.2, 0.25) is 0 Å². The lowest BCUT2D eigenvalue weighted by molar-refractivity contribution is 0.0526. The van der Waals surface area contributed by atoms with E-state index in [9.17, 15) is 9.18 Å². The average molecular weight is 447 g/mol. The zero-order valence-corrected chi connectivity index (χ0v) is 19.0. The van der Waals surface area contributed by atoms with Crippen molar-refractivity contribution in [2.75, 3.05) is 26.0 Å². The van der Waals surface area contributed by atoms with Crippen LogP contribution in [0.5, 0.6) is 0 Å². The van der Waals surface area contributed by atoms with Crippen LogP contribution in [-0.4, -0.2) is 47.6 Å². The highest BCUT2D eigenvalue weighted by molar-refractivity contribution is 5.99. The van der Waals surface area contributed by atoms with E-state index >= 15 is 0 Å². The van der Waals surface area contributed by atoms with Gasteiger partial charge in [0.1, 0.15) is 5.82 Å². The summed E-state index contributed by atoms with van der Waals surface area (Å²) in [4.78, 5) is 22.9. The van der Waals surface area contributed by atoms with Gasteiger partial charge in [-0.15, -0.1) is 0 Å². The quantitative estimate of drug-likeness (QED) is 0.375. The van der Waals surface area contributed by atoms with E-state index < -0.39 is 0 Å². The second-order valence-electron chi connectivity index (χ2n) is 8.62. The van der Waals surface area contributed by atoms with Crippen molar-refractivity contribution >= 4 is 33.6 Å². The van der Waals surface area contributed by atoms with Crippen molar-refractivity contribution in [2.45, 2.75) is 32.4 Å². The molecule has 0 amide bonds. The molecule has 4 aromatic rings. The van der Waals surface area contributed by atoms with Gasteiger partial charge in [0.15, 0.2) is 0 Å². The summed E-state index contributed by atoms with van der Waals surface area (Å²) in [5.41, 5.74) is 6.54. The van der Waals surface area contributed by atoms with Crippen molar-refractivity contribution in [3.05, 3.63) is 59.4 Å². The van der Waals surface area contributed by atoms with Crippen molar-refractivity contribution < 1.29 is 13.9 Å². The van der Waals surface area contributed by atoms with Gasteiger partial charge in [0, 0.05) is 36.3 Å². The first-order chi connectivity index (χ1) is 16.0. The van der Waals surface area contributed by atoms with Crippen LogP contribution in [0.2, 0.25) is 0 Å². The summed E-state index contributed by atoms with van der Waals surface area (Å²) in [5.74, 6) is -0.620. The minimum Gasteiger partial charge on any atom is -0.462 e. The summed E-state index contributed by atoms with van der Waals surface area (Å²) in [7, 11) is 3.88. The highest BCUT2D eigenvalue weighted by Crippen LogP contribution is 2.33. The molecule has 0 unspecified atom stereocenters. The summed E-state index contributed by atoms with van der Waals surface area (Å²) < 4.78 is 19.2. The topological polar surface area (TPSA) is 70.2 Å². The zero-order valence-electron chi connectivity index (χ0n) is 19.0. The third-order valence-electron chi connectivity index (χ3n) is 6.23. The molecule has 33 heavy (non-hydrogen) atoms. The maximum absolute atomic E-state index is 14.0. The molecule has 1 aliphatic carbocycles. The van der Waals surface area contributed by atoms with E-state index in [0.29, 0.717) is 23.9 Å². The highest BCUT2D eigenvalue weighted by atomic mass is 19.1. The van der Waals surface area contributed by atoms with Gasteiger partial charge in [0.25, 0.3) is 0 Å². The molecular formula is C26H27FN4O2. The number of nitrogens with one attached hydrogen (secondary N) is 2. The number of anilines is 1. The van der Waals surface area contributed by atoms with Gasteiger partial charge in [-0.25, -0.2) is 14.2 Å². The number of rotatable bonds is 7. The first-order valence-electron chi connectivity index (χ1n) is 11.3. The van der Waals surface area contributed by atoms with E-state index in [2.05, 4.69) is 22.2 Å². The number of aromatic nitrogens is 2. The Bertz CT molecular complexity index is 1360. The summed E-state index contributed by atoms with van der Waals surface area (Å²) in [6.45, 7) is 2.88. The second kappa shape index (κ2) is 8.48. The first-order valence-corrected chi connectivity index (χ1v) is 11.3. The van der Waals surface area contributed by atoms with Crippen molar-refractivity contribution in [1.82, 2.24) is 14.9 Å². The minimum absolute atomic E-state index is 0.306. The van der Waals surface area contributed by atoms with Crippen LogP contribution >= 0.6 is 0 Å². The Labute approximate surface area is 191 Å². The molecular weight excluding hydrogens is 419 g/mol. The lowest BCUT2D eigenvalue weighted by Gasteiger charge is -2.18. The van der Waals surface area contributed by atoms with Gasteiger partial charge >= 0.3 is 5.97 Å². The second-order valence-corrected chi connectivity index (χ2v) is 8.62. The van der Waals surface area contributed by atoms with Crippen molar-refractivity contribution in [2.24, 2.45) is 0 Å². The number of hydrogen-bond acceptors (Lipinski definition) is 5. The first kappa shape index (κ1) is 21.4. The van der Waals surface area contributed by atoms with Crippen molar-refractivity contribution in [3.8, 4) is 11.3 Å². The smallest absolute Gasteiger partial charge is 0.338 e. The Kier molecular flexibility index (Phi) is 5.50. The largest absolute Gasteiger partial charge is 0.462 e. The number of pyridine rings is 1. The molecule has 0 bridgehead atoms. The van der Waals surface area contributed by atoms with E-state index in [4.69, 9.17) is 9.72 Å². The number of hydrogen-bond donors (Lipinski definition) is 2. The molecule has 1 fully saturated rings. The van der Waals surface area contributed by atoms with E-state index in [1.165, 1.54) is 25.0 Å². The summed E-state index contributed by atoms with van der Waals surface area (Å²) in [6.07, 6.45) is 2.41. The lowest BCUT2D eigenvalue weighted by atomic mass is 10.0. The van der Waals surface area contributed by atoms with Crippen LogP contribution in [0.15, 0.2) is 42.5 Å². The maximum Gasteiger partial charge on any atom is 0.338 e. The molecule has 0 spiro atoms. The molecule has 5 rings (SSSR count). The third kappa shape index (κ3) is 4.16. The Morgan fingerprint density at radius 3 is 2.79 bits per heavy atom. The predicted molar refractivity (Wildman–Crippen MR) is 129 cm³/mol. The number of ether oxygens (including phenoxy) is 1. The summed E-state index contributed by atoms with van der Waals surface area (Å²) >= 11 is 0. The molecule has 2 aromatic heterocycles. The molecule has 0 atom stereocenters. The number of nitrogens with zero attached hydrogens (tertiary/aromatic N) is 2. The number of benzene rings is 2. The molecule has 0 aliphatic heterocycles. The molecule has 7 heteroatoms. The van der Waals surface area contributed by atoms with Crippen LogP contribution in [0.25, 0.3) is 33.2 Å². The minimum atomic E-state index is -0.314. The van der Waals surface area contributed by atoms with Crippen molar-refractivity contribution in [1.29, 1.82) is 0 Å². The van der Waals surface area contributed by atoms with Crippen LogP contribution in [0.3, 0.4) is 0 Å². The number of halogens is 1. The van der Waals surface area contributed by atoms with Gasteiger partial charge < -0.3 is 15.0 Å². The summed E-state index contributed by atoms with van der Waals surface area (Å²) in [5, 5.41) is 3.75. The van der Waals surface area contributed by atoms with E-state index in [1.54, 1.807) is 20.0 Å². The Morgan fingerprint density at radius 1 is 1.24 bits per heavy atom. The highest BCUT2D eigenvalue weighted by Gasteiger charge is 2.27. The van der Waals surface area contributed by atoms with Crippen LogP contribution in [0, 0.1) is 5.82 Å². The lowest BCUT2D eigenvalue weighted by Crippen LogP contribution is -2.20. The molecule has 2 aromatic carbocycles. The molecule has 1 aliphatic rings. The SMILES string of the molecule is CCOC(=O)c1ccc(-c2cc3nc4c(NC)cc(F)cc4cc3[nH]2)c(CN(C)C2CC2)c1. The molecule has 170 valence electrons. The van der Waals surface area contributed by atoms with Gasteiger partial charge in [-0.1, -0.05) is 6.07 Å². The molecule has 1 saturated carbocycles. The predicted octanol–water partition coefficient (Wildman–Crippen LogP) is 5.33. The number of H-pyrrole nitrogens is 1. The van der Waals surface area contributed by atoms with Gasteiger partial charge in [-0.2, -0.15) is 0 Å². The fourth-order valence-corrected chi connectivity index (χ4v) is 4.37. The fourth-order valence-electron chi connectivity index (χ4n) is 4.37. The Balaban J connectivity index is 1.61. The number of carbonyl (C=O) groups excluding carboxylic acids is 1. The number of carbonyl (C=O) groups is 1. The monoisotopic (exact) mass is 446 g/mol. The summed E-state index contributed by atoms with van der Waals surface area (Å²) in [6, 6.07) is 13.2. The molecule has 2 N–H and O–H groups in total. The Morgan fingerprint density at radius 2 is 2.06 bits per heavy atom. The van der Waals surface area contributed by atoms with Gasteiger partial charge in [-0.3, -0.25) is 4.90 Å². The van der Waals surface area contributed by atoms with Crippen LogP contribution < -0.4 is 5.32 Å². The zero-order chi connectivity index (χ0) is 23.1. The fraction of sp³-hybridized carbons (Fsp3) is 0.308. The maximum atomic E-state index is 14.0. The van der Waals surface area contributed by atoms with E-state index in [1.807, 2.05) is 24.3 Å². The van der Waals surface area contributed by atoms with Crippen LogP contribution in [0.1, 0.15) is 35.7 Å². The molecule has 0 saturated heterocycles. The molecule has 0 radical (unpaired) electrons. The average Bonchev–Trinajstić information content (AvgIpc) is 3.57. The Hall–Kier alpha value is -3.45. The van der Waals surface area contributed by atoms with Gasteiger partial charge in [-0.05, 0) is 68.8 Å². The van der Waals surface area contributed by atoms with Crippen LogP contribution in [-0.2, 0) is 11.3 Å². The van der Waals surface area contributed by atoms with Crippen molar-refractivity contribution in [3.63, 3.8) is 0 Å². The molecule has 2 heterocycles. The van der Waals surface area contributed by atoms with E-state index in [0.717, 1.165) is 45.3 Å². The van der Waals surface area contributed by atoms with Gasteiger partial charge in [0.05, 0.1) is 34.4 Å². The van der Waals surface area contributed by atoms with Crippen LogP contribution in [0.4, 0.5) is 10.1 Å². The normalized spacial score (nSPS) is 13.7. The number of aromatic amines is 1. The third-order valence-corrected chi connectivity index (χ3v) is 6.23. The molecule has 6 nitrogen and oxygen atoms in total. The van der Waals surface area contributed by atoms with E-state index in [-0.39, 0.29) is 11.8 Å². The standard InChI is InChI=1S/C26H27FN4O2/c1-4-33-26(32)15-5-8-20(17(9-15)14-31(3)19-6-7-19)21-13-23-22(29-21)11-16-10-18(27)12-24(28-2)25(16)30-23/h5,8-13,19,28-29H,4,6-7,14H2,1-3H3. The number of fused-ring (bicyclic) bond motifs is 2.